The highest BCUT2D eigenvalue weighted by molar-refractivity contribution is 5.99. The minimum atomic E-state index is -4.80. The number of aromatic amines is 1. The van der Waals surface area contributed by atoms with Gasteiger partial charge in [0, 0.05) is 35.5 Å². The van der Waals surface area contributed by atoms with Gasteiger partial charge in [-0.2, -0.15) is 0 Å². The molecule has 2 aromatic carbocycles. The number of H-pyrrole nitrogens is 1. The Morgan fingerprint density at radius 3 is 2.74 bits per heavy atom. The third-order valence-corrected chi connectivity index (χ3v) is 5.04. The van der Waals surface area contributed by atoms with Crippen LogP contribution in [0.4, 0.5) is 13.2 Å². The quantitative estimate of drug-likeness (QED) is 0.334. The van der Waals surface area contributed by atoms with Gasteiger partial charge in [0.2, 0.25) is 0 Å². The number of rotatable bonds is 9. The average molecular weight is 485 g/mol. The number of benzene rings is 2. The number of alkyl halides is 3. The van der Waals surface area contributed by atoms with E-state index in [1.54, 1.807) is 30.3 Å². The minimum absolute atomic E-state index is 0.268. The van der Waals surface area contributed by atoms with Gasteiger partial charge in [0.15, 0.2) is 0 Å². The summed E-state index contributed by atoms with van der Waals surface area (Å²) in [6.45, 7) is 2.65. The van der Waals surface area contributed by atoms with E-state index in [0.717, 1.165) is 5.82 Å². The van der Waals surface area contributed by atoms with Crippen molar-refractivity contribution in [2.24, 2.45) is 0 Å². The summed E-state index contributed by atoms with van der Waals surface area (Å²) in [6.07, 6.45) is -1.97. The first-order valence-corrected chi connectivity index (χ1v) is 10.9. The van der Waals surface area contributed by atoms with Gasteiger partial charge in [-0.3, -0.25) is 4.79 Å². The van der Waals surface area contributed by atoms with E-state index in [1.807, 2.05) is 6.92 Å². The second-order valence-electron chi connectivity index (χ2n) is 7.54. The van der Waals surface area contributed by atoms with Gasteiger partial charge >= 0.3 is 6.36 Å². The van der Waals surface area contributed by atoms with Gasteiger partial charge in [-0.25, -0.2) is 4.98 Å². The molecule has 2 N–H and O–H groups in total. The number of fused-ring (bicyclic) bond motifs is 1. The number of aromatic nitrogens is 4. The lowest BCUT2D eigenvalue weighted by Crippen LogP contribution is -2.24. The number of hydrogen-bond donors (Lipinski definition) is 2. The Morgan fingerprint density at radius 2 is 2.00 bits per heavy atom. The largest absolute Gasteiger partial charge is 0.573 e. The van der Waals surface area contributed by atoms with E-state index in [0.29, 0.717) is 59.5 Å². The van der Waals surface area contributed by atoms with Gasteiger partial charge in [0.25, 0.3) is 5.91 Å². The number of halogens is 3. The topological polar surface area (TPSA) is 102 Å². The van der Waals surface area contributed by atoms with Crippen LogP contribution >= 0.6 is 0 Å². The smallest absolute Gasteiger partial charge is 0.493 e. The standard InChI is InChI=1S/C24H22F3N5O3/c1-2-34-21-13-19(15-5-3-6-17(11-15)35-24(25,26)27)31-20-12-16(8-9-18(20)21)23(33)28-10-4-7-22-29-14-30-32-22/h3,5-6,8-9,11-14H,2,4,7,10H2,1H3,(H,28,33)(H,29,30,32). The zero-order chi connectivity index (χ0) is 24.8. The molecule has 0 spiro atoms. The van der Waals surface area contributed by atoms with Crippen LogP contribution in [0.1, 0.15) is 29.5 Å². The van der Waals surface area contributed by atoms with E-state index in [2.05, 4.69) is 30.2 Å². The van der Waals surface area contributed by atoms with Crippen molar-refractivity contribution in [1.29, 1.82) is 0 Å². The molecule has 182 valence electrons. The first kappa shape index (κ1) is 24.0. The lowest BCUT2D eigenvalue weighted by molar-refractivity contribution is -0.274. The number of carbonyl (C=O) groups excluding carboxylic acids is 1. The number of amides is 1. The molecule has 0 fully saturated rings. The highest BCUT2D eigenvalue weighted by atomic mass is 19.4. The van der Waals surface area contributed by atoms with Gasteiger partial charge in [-0.15, -0.1) is 23.4 Å². The third-order valence-electron chi connectivity index (χ3n) is 5.04. The molecule has 2 aromatic heterocycles. The van der Waals surface area contributed by atoms with Gasteiger partial charge in [0.1, 0.15) is 23.7 Å². The van der Waals surface area contributed by atoms with Gasteiger partial charge in [0.05, 0.1) is 17.8 Å². The third kappa shape index (κ3) is 6.25. The number of nitrogens with one attached hydrogen (secondary N) is 2. The Balaban J connectivity index is 1.58. The zero-order valence-electron chi connectivity index (χ0n) is 18.7. The van der Waals surface area contributed by atoms with Crippen molar-refractivity contribution in [2.75, 3.05) is 13.2 Å². The molecule has 2 heterocycles. The Morgan fingerprint density at radius 1 is 1.14 bits per heavy atom. The van der Waals surface area contributed by atoms with Crippen LogP contribution in [0.25, 0.3) is 22.2 Å². The lowest BCUT2D eigenvalue weighted by atomic mass is 10.1. The fourth-order valence-electron chi connectivity index (χ4n) is 3.53. The van der Waals surface area contributed by atoms with Crippen LogP contribution in [-0.2, 0) is 6.42 Å². The molecule has 0 aliphatic rings. The summed E-state index contributed by atoms with van der Waals surface area (Å²) in [7, 11) is 0. The normalized spacial score (nSPS) is 11.4. The fourth-order valence-corrected chi connectivity index (χ4v) is 3.53. The summed E-state index contributed by atoms with van der Waals surface area (Å²) in [5.74, 6) is 0.632. The number of hydrogen-bond acceptors (Lipinski definition) is 6. The fraction of sp³-hybridized carbons (Fsp3) is 0.250. The average Bonchev–Trinajstić information content (AvgIpc) is 3.34. The summed E-state index contributed by atoms with van der Waals surface area (Å²) < 4.78 is 47.7. The Kier molecular flexibility index (Phi) is 7.14. The van der Waals surface area contributed by atoms with Crippen LogP contribution in [0.15, 0.2) is 54.9 Å². The Hall–Kier alpha value is -4.15. The van der Waals surface area contributed by atoms with Crippen molar-refractivity contribution in [3.63, 3.8) is 0 Å². The number of carbonyl (C=O) groups is 1. The molecule has 8 nitrogen and oxygen atoms in total. The Bertz CT molecular complexity index is 1310. The van der Waals surface area contributed by atoms with Gasteiger partial charge < -0.3 is 19.8 Å². The lowest BCUT2D eigenvalue weighted by Gasteiger charge is -2.13. The van der Waals surface area contributed by atoms with Crippen molar-refractivity contribution in [1.82, 2.24) is 25.5 Å². The van der Waals surface area contributed by atoms with E-state index in [4.69, 9.17) is 4.74 Å². The molecular formula is C24H22F3N5O3. The predicted octanol–water partition coefficient (Wildman–Crippen LogP) is 4.68. The van der Waals surface area contributed by atoms with Crippen LogP contribution < -0.4 is 14.8 Å². The molecule has 0 saturated heterocycles. The number of ether oxygens (including phenoxy) is 2. The van der Waals surface area contributed by atoms with Crippen LogP contribution in [-0.4, -0.2) is 45.6 Å². The second-order valence-corrected chi connectivity index (χ2v) is 7.54. The summed E-state index contributed by atoms with van der Waals surface area (Å²) in [5, 5.41) is 11.2. The minimum Gasteiger partial charge on any atom is -0.493 e. The van der Waals surface area contributed by atoms with Crippen LogP contribution in [0.2, 0.25) is 0 Å². The maximum Gasteiger partial charge on any atom is 0.573 e. The summed E-state index contributed by atoms with van der Waals surface area (Å²) >= 11 is 0. The summed E-state index contributed by atoms with van der Waals surface area (Å²) in [5.41, 5.74) is 1.68. The van der Waals surface area contributed by atoms with Crippen molar-refractivity contribution < 1.29 is 27.4 Å². The van der Waals surface area contributed by atoms with Gasteiger partial charge in [-0.05, 0) is 43.7 Å². The van der Waals surface area contributed by atoms with E-state index in [9.17, 15) is 18.0 Å². The number of nitrogens with zero attached hydrogens (tertiary/aromatic N) is 3. The molecule has 4 aromatic rings. The SMILES string of the molecule is CCOc1cc(-c2cccc(OC(F)(F)F)c2)nc2cc(C(=O)NCCCc3nnc[nH]3)ccc12. The molecule has 4 rings (SSSR count). The van der Waals surface area contributed by atoms with Crippen LogP contribution in [0.5, 0.6) is 11.5 Å². The first-order valence-electron chi connectivity index (χ1n) is 10.9. The molecule has 0 saturated carbocycles. The molecule has 0 aliphatic heterocycles. The predicted molar refractivity (Wildman–Crippen MR) is 122 cm³/mol. The van der Waals surface area contributed by atoms with Gasteiger partial charge in [-0.1, -0.05) is 12.1 Å². The molecule has 1 amide bonds. The van der Waals surface area contributed by atoms with Crippen LogP contribution in [0, 0.1) is 0 Å². The van der Waals surface area contributed by atoms with E-state index in [1.165, 1.54) is 24.5 Å². The zero-order valence-corrected chi connectivity index (χ0v) is 18.7. The van der Waals surface area contributed by atoms with Crippen molar-refractivity contribution >= 4 is 16.8 Å². The molecule has 11 heteroatoms. The highest BCUT2D eigenvalue weighted by Gasteiger charge is 2.31. The Labute approximate surface area is 198 Å². The maximum atomic E-state index is 12.7. The van der Waals surface area contributed by atoms with Crippen molar-refractivity contribution in [3.8, 4) is 22.8 Å². The summed E-state index contributed by atoms with van der Waals surface area (Å²) in [4.78, 5) is 20.2. The molecule has 0 radical (unpaired) electrons. The molecule has 0 bridgehead atoms. The molecule has 35 heavy (non-hydrogen) atoms. The monoisotopic (exact) mass is 485 g/mol. The maximum absolute atomic E-state index is 12.7. The first-order chi connectivity index (χ1) is 16.8. The van der Waals surface area contributed by atoms with E-state index < -0.39 is 6.36 Å². The van der Waals surface area contributed by atoms with E-state index >= 15 is 0 Å². The van der Waals surface area contributed by atoms with Crippen molar-refractivity contribution in [2.45, 2.75) is 26.1 Å². The van der Waals surface area contributed by atoms with Crippen LogP contribution in [0.3, 0.4) is 0 Å². The number of pyridine rings is 1. The van der Waals surface area contributed by atoms with E-state index in [-0.39, 0.29) is 11.7 Å². The molecular weight excluding hydrogens is 463 g/mol. The number of aryl methyl sites for hydroxylation is 1. The summed E-state index contributed by atoms with van der Waals surface area (Å²) in [6, 6.07) is 12.2. The molecule has 0 atom stereocenters. The molecule has 0 aliphatic carbocycles. The second kappa shape index (κ2) is 10.4. The molecule has 0 unspecified atom stereocenters. The van der Waals surface area contributed by atoms with Crippen molar-refractivity contribution in [3.05, 3.63) is 66.2 Å². The highest BCUT2D eigenvalue weighted by Crippen LogP contribution is 2.33.